The van der Waals surface area contributed by atoms with Gasteiger partial charge in [0.15, 0.2) is 0 Å². The molecule has 0 radical (unpaired) electrons. The summed E-state index contributed by atoms with van der Waals surface area (Å²) in [4.78, 5) is 20.1. The van der Waals surface area contributed by atoms with Crippen molar-refractivity contribution in [1.29, 1.82) is 0 Å². The molecule has 0 aliphatic carbocycles. The Morgan fingerprint density at radius 1 is 1.33 bits per heavy atom. The van der Waals surface area contributed by atoms with Crippen LogP contribution in [-0.2, 0) is 11.3 Å². The van der Waals surface area contributed by atoms with E-state index in [1.54, 1.807) is 4.90 Å². The van der Waals surface area contributed by atoms with Crippen LogP contribution in [0.15, 0.2) is 33.3 Å². The van der Waals surface area contributed by atoms with Crippen LogP contribution < -0.4 is 0 Å². The molecular formula is C16H19BrN4O3. The van der Waals surface area contributed by atoms with Crippen LogP contribution in [0.4, 0.5) is 4.79 Å². The van der Waals surface area contributed by atoms with Crippen LogP contribution >= 0.6 is 15.9 Å². The molecule has 0 saturated carbocycles. The van der Waals surface area contributed by atoms with Crippen LogP contribution in [-0.4, -0.2) is 58.8 Å². The zero-order chi connectivity index (χ0) is 16.9. The first-order chi connectivity index (χ1) is 11.7. The van der Waals surface area contributed by atoms with Gasteiger partial charge in [-0.25, -0.2) is 4.79 Å². The van der Waals surface area contributed by atoms with Gasteiger partial charge in [-0.3, -0.25) is 4.90 Å². The minimum Gasteiger partial charge on any atom is -0.450 e. The smallest absolute Gasteiger partial charge is 0.409 e. The average molecular weight is 395 g/mol. The van der Waals surface area contributed by atoms with E-state index in [9.17, 15) is 4.79 Å². The molecule has 7 nitrogen and oxygen atoms in total. The minimum atomic E-state index is -0.244. The molecule has 1 aliphatic heterocycles. The fourth-order valence-electron chi connectivity index (χ4n) is 2.56. The third-order valence-corrected chi connectivity index (χ3v) is 4.30. The second-order valence-corrected chi connectivity index (χ2v) is 6.40. The van der Waals surface area contributed by atoms with Gasteiger partial charge in [0.05, 0.1) is 13.2 Å². The third-order valence-electron chi connectivity index (χ3n) is 3.81. The van der Waals surface area contributed by atoms with Crippen molar-refractivity contribution >= 4 is 22.0 Å². The van der Waals surface area contributed by atoms with Crippen molar-refractivity contribution in [3.05, 3.63) is 34.6 Å². The van der Waals surface area contributed by atoms with E-state index in [-0.39, 0.29) is 6.09 Å². The third kappa shape index (κ3) is 4.12. The molecule has 0 N–H and O–H groups in total. The zero-order valence-electron chi connectivity index (χ0n) is 13.4. The first-order valence-corrected chi connectivity index (χ1v) is 8.67. The molecule has 0 spiro atoms. The lowest BCUT2D eigenvalue weighted by Crippen LogP contribution is -2.48. The summed E-state index contributed by atoms with van der Waals surface area (Å²) in [5, 5.41) is 4.04. The lowest BCUT2D eigenvalue weighted by atomic mass is 10.2. The molecule has 1 aromatic carbocycles. The number of benzene rings is 1. The summed E-state index contributed by atoms with van der Waals surface area (Å²) >= 11 is 3.44. The summed E-state index contributed by atoms with van der Waals surface area (Å²) in [6.45, 7) is 5.60. The predicted molar refractivity (Wildman–Crippen MR) is 91.3 cm³/mol. The standard InChI is InChI=1S/C16H19BrN4O3/c1-2-23-16(22)21-8-6-20(7-9-21)11-14-18-15(19-24-14)12-4-3-5-13(17)10-12/h3-5,10H,2,6-9,11H2,1H3. The Hall–Kier alpha value is -1.93. The zero-order valence-corrected chi connectivity index (χ0v) is 15.0. The maximum Gasteiger partial charge on any atom is 0.409 e. The molecule has 2 aromatic rings. The highest BCUT2D eigenvalue weighted by atomic mass is 79.9. The van der Waals surface area contributed by atoms with Crippen molar-refractivity contribution in [1.82, 2.24) is 19.9 Å². The maximum atomic E-state index is 11.7. The first kappa shape index (κ1) is 16.9. The SMILES string of the molecule is CCOC(=O)N1CCN(Cc2nc(-c3cccc(Br)c3)no2)CC1. The number of nitrogens with zero attached hydrogens (tertiary/aromatic N) is 4. The molecule has 24 heavy (non-hydrogen) atoms. The molecule has 3 rings (SSSR count). The van der Waals surface area contributed by atoms with Crippen LogP contribution in [0.3, 0.4) is 0 Å². The summed E-state index contributed by atoms with van der Waals surface area (Å²) in [6.07, 6.45) is -0.244. The summed E-state index contributed by atoms with van der Waals surface area (Å²) in [6, 6.07) is 7.78. The van der Waals surface area contributed by atoms with Gasteiger partial charge in [-0.2, -0.15) is 4.98 Å². The van der Waals surface area contributed by atoms with Crippen molar-refractivity contribution in [2.45, 2.75) is 13.5 Å². The summed E-state index contributed by atoms with van der Waals surface area (Å²) < 4.78 is 11.3. The number of carbonyl (C=O) groups is 1. The molecule has 1 fully saturated rings. The van der Waals surface area contributed by atoms with Crippen molar-refractivity contribution in [3.8, 4) is 11.4 Å². The van der Waals surface area contributed by atoms with Crippen molar-refractivity contribution in [3.63, 3.8) is 0 Å². The second-order valence-electron chi connectivity index (χ2n) is 5.48. The van der Waals surface area contributed by atoms with E-state index in [4.69, 9.17) is 9.26 Å². The van der Waals surface area contributed by atoms with Gasteiger partial charge in [0, 0.05) is 36.2 Å². The van der Waals surface area contributed by atoms with Gasteiger partial charge in [0.2, 0.25) is 11.7 Å². The lowest BCUT2D eigenvalue weighted by Gasteiger charge is -2.33. The molecule has 128 valence electrons. The highest BCUT2D eigenvalue weighted by Crippen LogP contribution is 2.20. The highest BCUT2D eigenvalue weighted by Gasteiger charge is 2.23. The quantitative estimate of drug-likeness (QED) is 0.793. The number of ether oxygens (including phenoxy) is 1. The van der Waals surface area contributed by atoms with Crippen LogP contribution in [0.5, 0.6) is 0 Å². The van der Waals surface area contributed by atoms with Crippen LogP contribution in [0.25, 0.3) is 11.4 Å². The van der Waals surface area contributed by atoms with E-state index >= 15 is 0 Å². The molecule has 0 unspecified atom stereocenters. The summed E-state index contributed by atoms with van der Waals surface area (Å²) in [7, 11) is 0. The van der Waals surface area contributed by atoms with E-state index in [0.29, 0.717) is 38.0 Å². The highest BCUT2D eigenvalue weighted by molar-refractivity contribution is 9.10. The van der Waals surface area contributed by atoms with Crippen molar-refractivity contribution in [2.75, 3.05) is 32.8 Å². The average Bonchev–Trinajstić information content (AvgIpc) is 3.04. The lowest BCUT2D eigenvalue weighted by molar-refractivity contribution is 0.0749. The molecule has 8 heteroatoms. The number of carbonyl (C=O) groups excluding carboxylic acids is 1. The predicted octanol–water partition coefficient (Wildman–Crippen LogP) is 2.77. The molecule has 1 saturated heterocycles. The largest absolute Gasteiger partial charge is 0.450 e. The van der Waals surface area contributed by atoms with Gasteiger partial charge >= 0.3 is 6.09 Å². The number of rotatable bonds is 4. The van der Waals surface area contributed by atoms with Gasteiger partial charge in [-0.15, -0.1) is 0 Å². The van der Waals surface area contributed by atoms with Crippen molar-refractivity contribution < 1.29 is 14.1 Å². The van der Waals surface area contributed by atoms with Crippen LogP contribution in [0.2, 0.25) is 0 Å². The minimum absolute atomic E-state index is 0.244. The fourth-order valence-corrected chi connectivity index (χ4v) is 2.96. The van der Waals surface area contributed by atoms with Gasteiger partial charge < -0.3 is 14.2 Å². The van der Waals surface area contributed by atoms with E-state index in [1.807, 2.05) is 31.2 Å². The molecule has 1 aliphatic rings. The summed E-state index contributed by atoms with van der Waals surface area (Å²) in [5.74, 6) is 1.16. The van der Waals surface area contributed by atoms with Gasteiger partial charge in [-0.05, 0) is 19.1 Å². The van der Waals surface area contributed by atoms with E-state index in [1.165, 1.54) is 0 Å². The Morgan fingerprint density at radius 3 is 2.83 bits per heavy atom. The molecule has 1 amide bonds. The Morgan fingerprint density at radius 2 is 2.12 bits per heavy atom. The number of hydrogen-bond donors (Lipinski definition) is 0. The number of piperazine rings is 1. The fraction of sp³-hybridized carbons (Fsp3) is 0.438. The van der Waals surface area contributed by atoms with Gasteiger partial charge in [0.25, 0.3) is 0 Å². The number of aromatic nitrogens is 2. The Balaban J connectivity index is 1.56. The van der Waals surface area contributed by atoms with Crippen molar-refractivity contribution in [2.24, 2.45) is 0 Å². The molecular weight excluding hydrogens is 376 g/mol. The Kier molecular flexibility index (Phi) is 5.47. The van der Waals surface area contributed by atoms with E-state index in [0.717, 1.165) is 23.1 Å². The molecule has 0 atom stereocenters. The number of hydrogen-bond acceptors (Lipinski definition) is 6. The molecule has 0 bridgehead atoms. The Labute approximate surface area is 148 Å². The second kappa shape index (κ2) is 7.76. The van der Waals surface area contributed by atoms with E-state index < -0.39 is 0 Å². The number of amides is 1. The first-order valence-electron chi connectivity index (χ1n) is 7.88. The molecule has 2 heterocycles. The maximum absolute atomic E-state index is 11.7. The topological polar surface area (TPSA) is 71.7 Å². The van der Waals surface area contributed by atoms with Crippen LogP contribution in [0, 0.1) is 0 Å². The normalized spacial score (nSPS) is 15.5. The number of halogens is 1. The Bertz CT molecular complexity index is 698. The monoisotopic (exact) mass is 394 g/mol. The van der Waals surface area contributed by atoms with Crippen LogP contribution in [0.1, 0.15) is 12.8 Å². The summed E-state index contributed by atoms with van der Waals surface area (Å²) in [5.41, 5.74) is 0.909. The van der Waals surface area contributed by atoms with Gasteiger partial charge in [-0.1, -0.05) is 33.2 Å². The van der Waals surface area contributed by atoms with Gasteiger partial charge in [0.1, 0.15) is 0 Å². The van der Waals surface area contributed by atoms with E-state index in [2.05, 4.69) is 31.0 Å². The molecule has 1 aromatic heterocycles.